The molecule has 2 aliphatic rings. The Morgan fingerprint density at radius 1 is 1.14 bits per heavy atom. The predicted molar refractivity (Wildman–Crippen MR) is 102 cm³/mol. The van der Waals surface area contributed by atoms with Gasteiger partial charge in [0.15, 0.2) is 0 Å². The highest BCUT2D eigenvalue weighted by atomic mass is 16.6. The van der Waals surface area contributed by atoms with Crippen molar-refractivity contribution in [1.29, 1.82) is 0 Å². The summed E-state index contributed by atoms with van der Waals surface area (Å²) in [6, 6.07) is 9.73. The van der Waals surface area contributed by atoms with E-state index in [-0.39, 0.29) is 40.9 Å². The molecule has 0 aliphatic carbocycles. The van der Waals surface area contributed by atoms with Crippen molar-refractivity contribution in [2.75, 3.05) is 18.5 Å². The van der Waals surface area contributed by atoms with E-state index in [1.54, 1.807) is 0 Å². The van der Waals surface area contributed by atoms with Crippen LogP contribution in [0.15, 0.2) is 42.5 Å². The molecule has 0 radical (unpaired) electrons. The molecule has 2 heterocycles. The quantitative estimate of drug-likeness (QED) is 0.472. The highest BCUT2D eigenvalue weighted by molar-refractivity contribution is 6.22. The summed E-state index contributed by atoms with van der Waals surface area (Å²) in [7, 11) is 0. The number of carbonyl (C=O) groups excluding carboxylic acids is 3. The monoisotopic (exact) mass is 395 g/mol. The maximum atomic E-state index is 12.7. The van der Waals surface area contributed by atoms with Crippen LogP contribution in [0.1, 0.15) is 43.9 Å². The topological polar surface area (TPSA) is 119 Å². The largest absolute Gasteiger partial charge is 0.376 e. The molecule has 1 fully saturated rings. The first-order chi connectivity index (χ1) is 13.9. The number of non-ortho nitro benzene ring substituents is 1. The summed E-state index contributed by atoms with van der Waals surface area (Å²) >= 11 is 0. The van der Waals surface area contributed by atoms with Gasteiger partial charge in [-0.2, -0.15) is 0 Å². The fourth-order valence-corrected chi connectivity index (χ4v) is 3.46. The smallest absolute Gasteiger partial charge is 0.269 e. The molecule has 148 valence electrons. The van der Waals surface area contributed by atoms with Crippen LogP contribution in [0.2, 0.25) is 0 Å². The summed E-state index contributed by atoms with van der Waals surface area (Å²) in [5, 5.41) is 13.3. The predicted octanol–water partition coefficient (Wildman–Crippen LogP) is 2.62. The number of imide groups is 1. The fraction of sp³-hybridized carbons (Fsp3) is 0.250. The second-order valence-electron chi connectivity index (χ2n) is 6.87. The lowest BCUT2D eigenvalue weighted by atomic mass is 10.1. The van der Waals surface area contributed by atoms with Gasteiger partial charge in [0.25, 0.3) is 23.4 Å². The Balaban J connectivity index is 1.50. The van der Waals surface area contributed by atoms with Crippen molar-refractivity contribution in [2.45, 2.75) is 18.9 Å². The molecule has 29 heavy (non-hydrogen) atoms. The van der Waals surface area contributed by atoms with Crippen molar-refractivity contribution in [3.63, 3.8) is 0 Å². The van der Waals surface area contributed by atoms with E-state index >= 15 is 0 Å². The Morgan fingerprint density at radius 3 is 2.52 bits per heavy atom. The van der Waals surface area contributed by atoms with Crippen molar-refractivity contribution in [2.24, 2.45) is 0 Å². The minimum absolute atomic E-state index is 0.0871. The summed E-state index contributed by atoms with van der Waals surface area (Å²) in [4.78, 5) is 49.1. The van der Waals surface area contributed by atoms with Crippen molar-refractivity contribution in [3.8, 4) is 0 Å². The van der Waals surface area contributed by atoms with Gasteiger partial charge >= 0.3 is 0 Å². The molecule has 1 atom stereocenters. The van der Waals surface area contributed by atoms with E-state index in [1.165, 1.54) is 47.4 Å². The molecule has 4 rings (SSSR count). The van der Waals surface area contributed by atoms with Crippen LogP contribution in [-0.4, -0.2) is 46.8 Å². The fourth-order valence-electron chi connectivity index (χ4n) is 3.46. The number of nitrogens with zero attached hydrogens (tertiary/aromatic N) is 2. The Morgan fingerprint density at radius 2 is 1.86 bits per heavy atom. The number of carbonyl (C=O) groups is 3. The number of anilines is 1. The van der Waals surface area contributed by atoms with Crippen LogP contribution in [-0.2, 0) is 4.74 Å². The van der Waals surface area contributed by atoms with E-state index in [0.29, 0.717) is 12.3 Å². The number of hydrogen-bond acceptors (Lipinski definition) is 6. The summed E-state index contributed by atoms with van der Waals surface area (Å²) in [5.74, 6) is -1.31. The molecule has 9 heteroatoms. The first-order valence-corrected chi connectivity index (χ1v) is 9.11. The van der Waals surface area contributed by atoms with Crippen molar-refractivity contribution in [3.05, 3.63) is 69.3 Å². The average Bonchev–Trinajstić information content (AvgIpc) is 3.31. The van der Waals surface area contributed by atoms with Crippen LogP contribution in [0.4, 0.5) is 11.4 Å². The van der Waals surface area contributed by atoms with Gasteiger partial charge in [0, 0.05) is 30.0 Å². The lowest BCUT2D eigenvalue weighted by Crippen LogP contribution is -2.36. The van der Waals surface area contributed by atoms with Crippen LogP contribution in [0.25, 0.3) is 0 Å². The number of benzene rings is 2. The third-order valence-electron chi connectivity index (χ3n) is 4.98. The standard InChI is InChI=1S/C20H17N3O6/c24-18(21-13-4-6-14(7-5-13)23(27)28)12-3-8-16-17(10-12)20(26)22(19(16)25)11-15-2-1-9-29-15/h3-8,10,15H,1-2,9,11H2,(H,21,24)/t15-/m1/s1. The second kappa shape index (κ2) is 7.44. The molecule has 0 unspecified atom stereocenters. The van der Waals surface area contributed by atoms with Gasteiger partial charge < -0.3 is 10.1 Å². The normalized spacial score (nSPS) is 18.1. The average molecular weight is 395 g/mol. The Bertz CT molecular complexity index is 1010. The van der Waals surface area contributed by atoms with E-state index in [0.717, 1.165) is 12.8 Å². The summed E-state index contributed by atoms with van der Waals surface area (Å²) in [5.41, 5.74) is 0.950. The summed E-state index contributed by atoms with van der Waals surface area (Å²) in [6.07, 6.45) is 1.55. The number of hydrogen-bond donors (Lipinski definition) is 1. The second-order valence-corrected chi connectivity index (χ2v) is 6.87. The van der Waals surface area contributed by atoms with Gasteiger partial charge in [0.1, 0.15) is 0 Å². The highest BCUT2D eigenvalue weighted by Crippen LogP contribution is 2.26. The zero-order chi connectivity index (χ0) is 20.5. The molecule has 0 bridgehead atoms. The Hall–Kier alpha value is -3.59. The number of ether oxygens (including phenoxy) is 1. The van der Waals surface area contributed by atoms with E-state index < -0.39 is 16.7 Å². The molecular formula is C20H17N3O6. The van der Waals surface area contributed by atoms with E-state index in [2.05, 4.69) is 5.32 Å². The molecular weight excluding hydrogens is 378 g/mol. The van der Waals surface area contributed by atoms with E-state index in [1.807, 2.05) is 0 Å². The van der Waals surface area contributed by atoms with Crippen LogP contribution in [0.3, 0.4) is 0 Å². The molecule has 9 nitrogen and oxygen atoms in total. The molecule has 2 aliphatic heterocycles. The van der Waals surface area contributed by atoms with Gasteiger partial charge in [-0.15, -0.1) is 0 Å². The van der Waals surface area contributed by atoms with Crippen LogP contribution < -0.4 is 5.32 Å². The maximum Gasteiger partial charge on any atom is 0.269 e. The highest BCUT2D eigenvalue weighted by Gasteiger charge is 2.37. The lowest BCUT2D eigenvalue weighted by Gasteiger charge is -2.17. The first kappa shape index (κ1) is 18.8. The molecule has 1 N–H and O–H groups in total. The molecule has 0 saturated carbocycles. The molecule has 2 aromatic carbocycles. The van der Waals surface area contributed by atoms with Gasteiger partial charge in [-0.05, 0) is 43.2 Å². The van der Waals surface area contributed by atoms with Gasteiger partial charge in [0.2, 0.25) is 0 Å². The third-order valence-corrected chi connectivity index (χ3v) is 4.98. The SMILES string of the molecule is O=C(Nc1ccc([N+](=O)[O-])cc1)c1ccc2c(c1)C(=O)N(C[C@H]1CCCO1)C2=O. The third kappa shape index (κ3) is 3.59. The number of rotatable bonds is 5. The summed E-state index contributed by atoms with van der Waals surface area (Å²) < 4.78 is 5.51. The van der Waals surface area contributed by atoms with Crippen LogP contribution in [0, 0.1) is 10.1 Å². The van der Waals surface area contributed by atoms with Crippen molar-refractivity contribution < 1.29 is 24.0 Å². The van der Waals surface area contributed by atoms with Crippen molar-refractivity contribution >= 4 is 29.1 Å². The van der Waals surface area contributed by atoms with Crippen molar-refractivity contribution in [1.82, 2.24) is 4.90 Å². The number of fused-ring (bicyclic) bond motifs is 1. The maximum absolute atomic E-state index is 12.7. The number of nitro benzene ring substituents is 1. The molecule has 0 spiro atoms. The van der Waals surface area contributed by atoms with Crippen LogP contribution >= 0.6 is 0 Å². The summed E-state index contributed by atoms with van der Waals surface area (Å²) in [6.45, 7) is 0.831. The molecule has 3 amide bonds. The van der Waals surface area contributed by atoms with E-state index in [4.69, 9.17) is 4.74 Å². The van der Waals surface area contributed by atoms with Gasteiger partial charge in [-0.3, -0.25) is 29.4 Å². The zero-order valence-corrected chi connectivity index (χ0v) is 15.3. The Labute approximate surface area is 165 Å². The van der Waals surface area contributed by atoms with Gasteiger partial charge in [-0.1, -0.05) is 0 Å². The van der Waals surface area contributed by atoms with E-state index in [9.17, 15) is 24.5 Å². The van der Waals surface area contributed by atoms with Gasteiger partial charge in [0.05, 0.1) is 28.7 Å². The molecule has 1 saturated heterocycles. The van der Waals surface area contributed by atoms with Gasteiger partial charge in [-0.25, -0.2) is 0 Å². The number of amides is 3. The molecule has 2 aromatic rings. The first-order valence-electron chi connectivity index (χ1n) is 9.11. The minimum Gasteiger partial charge on any atom is -0.376 e. The molecule has 0 aromatic heterocycles. The number of nitro groups is 1. The van der Waals surface area contributed by atoms with Crippen LogP contribution in [0.5, 0.6) is 0 Å². The minimum atomic E-state index is -0.531. The lowest BCUT2D eigenvalue weighted by molar-refractivity contribution is -0.384. The Kier molecular flexibility index (Phi) is 4.81. The number of nitrogens with one attached hydrogen (secondary N) is 1. The zero-order valence-electron chi connectivity index (χ0n) is 15.3.